The van der Waals surface area contributed by atoms with Crippen LogP contribution in [0.25, 0.3) is 0 Å². The van der Waals surface area contributed by atoms with Crippen LogP contribution in [-0.4, -0.2) is 36.5 Å². The fraction of sp³-hybridized carbons (Fsp3) is 0.588. The minimum absolute atomic E-state index is 0.0622. The lowest BCUT2D eigenvalue weighted by molar-refractivity contribution is -0.123. The second kappa shape index (κ2) is 7.57. The topological polar surface area (TPSA) is 58.4 Å². The maximum absolute atomic E-state index is 12.3. The van der Waals surface area contributed by atoms with Gasteiger partial charge in [-0.05, 0) is 38.3 Å². The Labute approximate surface area is 127 Å². The number of carbonyl (C=O) groups is 1. The number of hydrogen-bond donors (Lipinski definition) is 2. The summed E-state index contributed by atoms with van der Waals surface area (Å²) in [7, 11) is 0. The number of rotatable bonds is 5. The molecule has 0 bridgehead atoms. The van der Waals surface area contributed by atoms with Gasteiger partial charge in [0.25, 0.3) is 0 Å². The van der Waals surface area contributed by atoms with E-state index < -0.39 is 6.04 Å². The number of amides is 1. The maximum Gasteiger partial charge on any atom is 0.241 e. The fourth-order valence-corrected chi connectivity index (χ4v) is 2.83. The molecule has 1 atom stereocenters. The predicted octanol–water partition coefficient (Wildman–Crippen LogP) is 1.99. The van der Waals surface area contributed by atoms with Gasteiger partial charge >= 0.3 is 0 Å². The molecule has 1 aromatic rings. The summed E-state index contributed by atoms with van der Waals surface area (Å²) in [6, 6.07) is 7.55. The number of aryl methyl sites for hydroxylation is 1. The van der Waals surface area contributed by atoms with Gasteiger partial charge in [-0.3, -0.25) is 4.79 Å². The third kappa shape index (κ3) is 4.55. The number of nitrogens with one attached hydrogen (secondary N) is 1. The van der Waals surface area contributed by atoms with Crippen molar-refractivity contribution >= 4 is 5.91 Å². The van der Waals surface area contributed by atoms with Crippen molar-refractivity contribution in [2.75, 3.05) is 19.6 Å². The molecule has 0 radical (unpaired) electrons. The molecule has 0 aromatic heterocycles. The van der Waals surface area contributed by atoms with Crippen molar-refractivity contribution < 1.29 is 4.79 Å². The van der Waals surface area contributed by atoms with E-state index in [0.717, 1.165) is 38.0 Å². The summed E-state index contributed by atoms with van der Waals surface area (Å²) < 4.78 is 0. The van der Waals surface area contributed by atoms with Gasteiger partial charge in [0.2, 0.25) is 5.91 Å². The summed E-state index contributed by atoms with van der Waals surface area (Å²) in [5, 5.41) is 3.10. The third-order valence-electron chi connectivity index (χ3n) is 4.19. The number of nitrogens with zero attached hydrogens (tertiary/aromatic N) is 1. The molecule has 0 saturated carbocycles. The fourth-order valence-electron chi connectivity index (χ4n) is 2.83. The first-order valence-corrected chi connectivity index (χ1v) is 7.95. The van der Waals surface area contributed by atoms with E-state index in [1.807, 2.05) is 31.2 Å². The van der Waals surface area contributed by atoms with Crippen LogP contribution in [0, 0.1) is 6.92 Å². The molecule has 1 aliphatic rings. The van der Waals surface area contributed by atoms with E-state index in [9.17, 15) is 4.79 Å². The molecule has 21 heavy (non-hydrogen) atoms. The Kier molecular flexibility index (Phi) is 5.76. The minimum atomic E-state index is -0.570. The Hall–Kier alpha value is -1.39. The molecular weight excluding hydrogens is 262 g/mol. The highest BCUT2D eigenvalue weighted by Crippen LogP contribution is 2.14. The average molecular weight is 289 g/mol. The number of piperidine rings is 1. The van der Waals surface area contributed by atoms with Gasteiger partial charge in [0.05, 0.1) is 0 Å². The van der Waals surface area contributed by atoms with Crippen LogP contribution in [0.5, 0.6) is 0 Å². The van der Waals surface area contributed by atoms with Gasteiger partial charge in [0, 0.05) is 19.1 Å². The molecule has 1 saturated heterocycles. The highest BCUT2D eigenvalue weighted by Gasteiger charge is 2.23. The van der Waals surface area contributed by atoms with Crippen LogP contribution in [-0.2, 0) is 4.79 Å². The molecule has 3 N–H and O–H groups in total. The molecule has 0 spiro atoms. The zero-order valence-corrected chi connectivity index (χ0v) is 13.1. The number of likely N-dealkylation sites (tertiary alicyclic amines) is 1. The highest BCUT2D eigenvalue weighted by atomic mass is 16.2. The lowest BCUT2D eigenvalue weighted by atomic mass is 10.0. The van der Waals surface area contributed by atoms with Crippen molar-refractivity contribution in [2.45, 2.75) is 45.2 Å². The van der Waals surface area contributed by atoms with Crippen LogP contribution in [0.15, 0.2) is 24.3 Å². The van der Waals surface area contributed by atoms with Gasteiger partial charge in [0.15, 0.2) is 0 Å². The van der Waals surface area contributed by atoms with Crippen LogP contribution in [0.1, 0.15) is 43.4 Å². The Bertz CT molecular complexity index is 450. The molecule has 4 heteroatoms. The standard InChI is InChI=1S/C17H27N3O/c1-3-10-20-11-8-15(9-12-20)19-17(21)16(18)14-6-4-13(2)5-7-14/h4-7,15-16H,3,8-12,18H2,1-2H3,(H,19,21). The van der Waals surface area contributed by atoms with Gasteiger partial charge in [-0.1, -0.05) is 36.8 Å². The predicted molar refractivity (Wildman–Crippen MR) is 86.0 cm³/mol. The molecule has 1 amide bonds. The summed E-state index contributed by atoms with van der Waals surface area (Å²) in [6.07, 6.45) is 3.23. The molecule has 116 valence electrons. The molecule has 1 unspecified atom stereocenters. The smallest absolute Gasteiger partial charge is 0.241 e. The van der Waals surface area contributed by atoms with Crippen LogP contribution >= 0.6 is 0 Å². The first-order chi connectivity index (χ1) is 10.1. The number of benzene rings is 1. The van der Waals surface area contributed by atoms with Crippen molar-refractivity contribution in [3.05, 3.63) is 35.4 Å². The first kappa shape index (κ1) is 16.0. The van der Waals surface area contributed by atoms with Crippen LogP contribution in [0.3, 0.4) is 0 Å². The quantitative estimate of drug-likeness (QED) is 0.871. The van der Waals surface area contributed by atoms with E-state index in [1.165, 1.54) is 12.0 Å². The SMILES string of the molecule is CCCN1CCC(NC(=O)C(N)c2ccc(C)cc2)CC1. The number of carbonyl (C=O) groups excluding carboxylic acids is 1. The molecule has 1 aliphatic heterocycles. The van der Waals surface area contributed by atoms with Crippen molar-refractivity contribution in [2.24, 2.45) is 5.73 Å². The maximum atomic E-state index is 12.3. The van der Waals surface area contributed by atoms with E-state index in [-0.39, 0.29) is 11.9 Å². The Morgan fingerprint density at radius 1 is 1.33 bits per heavy atom. The van der Waals surface area contributed by atoms with Crippen LogP contribution in [0.4, 0.5) is 0 Å². The normalized spacial score (nSPS) is 18.4. The molecule has 4 nitrogen and oxygen atoms in total. The monoisotopic (exact) mass is 289 g/mol. The average Bonchev–Trinajstić information content (AvgIpc) is 2.49. The lowest BCUT2D eigenvalue weighted by Crippen LogP contribution is -2.47. The van der Waals surface area contributed by atoms with Crippen molar-refractivity contribution in [1.82, 2.24) is 10.2 Å². The van der Waals surface area contributed by atoms with E-state index in [0.29, 0.717) is 0 Å². The third-order valence-corrected chi connectivity index (χ3v) is 4.19. The van der Waals surface area contributed by atoms with Gasteiger partial charge < -0.3 is 16.0 Å². The van der Waals surface area contributed by atoms with E-state index in [4.69, 9.17) is 5.73 Å². The van der Waals surface area contributed by atoms with Gasteiger partial charge in [0.1, 0.15) is 6.04 Å². The zero-order valence-electron chi connectivity index (χ0n) is 13.1. The van der Waals surface area contributed by atoms with E-state index >= 15 is 0 Å². The van der Waals surface area contributed by atoms with Crippen molar-refractivity contribution in [3.8, 4) is 0 Å². The summed E-state index contributed by atoms with van der Waals surface area (Å²) in [4.78, 5) is 14.7. The molecular formula is C17H27N3O. The van der Waals surface area contributed by atoms with E-state index in [2.05, 4.69) is 17.1 Å². The second-order valence-corrected chi connectivity index (χ2v) is 6.01. The van der Waals surface area contributed by atoms with Gasteiger partial charge in [-0.15, -0.1) is 0 Å². The van der Waals surface area contributed by atoms with Gasteiger partial charge in [-0.2, -0.15) is 0 Å². The minimum Gasteiger partial charge on any atom is -0.352 e. The van der Waals surface area contributed by atoms with Crippen LogP contribution < -0.4 is 11.1 Å². The molecule has 1 heterocycles. The van der Waals surface area contributed by atoms with Crippen molar-refractivity contribution in [1.29, 1.82) is 0 Å². The summed E-state index contributed by atoms with van der Waals surface area (Å²) in [6.45, 7) is 7.52. The Morgan fingerprint density at radius 3 is 2.52 bits per heavy atom. The van der Waals surface area contributed by atoms with Crippen LogP contribution in [0.2, 0.25) is 0 Å². The summed E-state index contributed by atoms with van der Waals surface area (Å²) >= 11 is 0. The molecule has 1 fully saturated rings. The first-order valence-electron chi connectivity index (χ1n) is 7.95. The summed E-state index contributed by atoms with van der Waals surface area (Å²) in [5.74, 6) is -0.0622. The highest BCUT2D eigenvalue weighted by molar-refractivity contribution is 5.83. The molecule has 2 rings (SSSR count). The van der Waals surface area contributed by atoms with Crippen molar-refractivity contribution in [3.63, 3.8) is 0 Å². The molecule has 0 aliphatic carbocycles. The Morgan fingerprint density at radius 2 is 1.95 bits per heavy atom. The summed E-state index contributed by atoms with van der Waals surface area (Å²) in [5.41, 5.74) is 8.11. The molecule has 1 aromatic carbocycles. The second-order valence-electron chi connectivity index (χ2n) is 6.01. The zero-order chi connectivity index (χ0) is 15.2. The Balaban J connectivity index is 1.83. The lowest BCUT2D eigenvalue weighted by Gasteiger charge is -2.32. The van der Waals surface area contributed by atoms with E-state index in [1.54, 1.807) is 0 Å². The number of nitrogens with two attached hydrogens (primary N) is 1. The largest absolute Gasteiger partial charge is 0.352 e. The van der Waals surface area contributed by atoms with Gasteiger partial charge in [-0.25, -0.2) is 0 Å². The number of hydrogen-bond acceptors (Lipinski definition) is 3.